The molecule has 0 spiro atoms. The Labute approximate surface area is 205 Å². The standard InChI is InChI=1S/C25H27ClN2O5S/c1-18(2)33-23-13-12-19(14-24(23)32-3)16-27-25(29)17-28(21-9-7-8-20(26)15-21)34(30,31)22-10-5-4-6-11-22/h4-15,18H,16-17H2,1-3H3,(H,27,29). The molecule has 3 rings (SSSR count). The van der Waals surface area contributed by atoms with E-state index in [2.05, 4.69) is 5.32 Å². The van der Waals surface area contributed by atoms with Gasteiger partial charge in [-0.05, 0) is 61.9 Å². The van der Waals surface area contributed by atoms with Gasteiger partial charge in [-0.15, -0.1) is 0 Å². The topological polar surface area (TPSA) is 84.9 Å². The number of hydrogen-bond acceptors (Lipinski definition) is 5. The highest BCUT2D eigenvalue weighted by Gasteiger charge is 2.27. The fourth-order valence-corrected chi connectivity index (χ4v) is 4.84. The van der Waals surface area contributed by atoms with E-state index in [0.29, 0.717) is 22.2 Å². The summed E-state index contributed by atoms with van der Waals surface area (Å²) in [5.41, 5.74) is 1.07. The third kappa shape index (κ3) is 6.42. The number of benzene rings is 3. The van der Waals surface area contributed by atoms with Crippen molar-refractivity contribution in [3.8, 4) is 11.5 Å². The molecule has 0 bridgehead atoms. The highest BCUT2D eigenvalue weighted by molar-refractivity contribution is 7.92. The van der Waals surface area contributed by atoms with Crippen LogP contribution in [0.3, 0.4) is 0 Å². The molecule has 1 amide bonds. The van der Waals surface area contributed by atoms with Crippen molar-refractivity contribution in [1.29, 1.82) is 0 Å². The number of nitrogens with zero attached hydrogens (tertiary/aromatic N) is 1. The van der Waals surface area contributed by atoms with Gasteiger partial charge in [-0.25, -0.2) is 8.42 Å². The molecular weight excluding hydrogens is 476 g/mol. The van der Waals surface area contributed by atoms with Gasteiger partial charge in [-0.3, -0.25) is 9.10 Å². The second-order valence-electron chi connectivity index (χ2n) is 7.73. The van der Waals surface area contributed by atoms with Crippen LogP contribution in [0.25, 0.3) is 0 Å². The highest BCUT2D eigenvalue weighted by atomic mass is 35.5. The predicted octanol–water partition coefficient (Wildman–Crippen LogP) is 4.65. The molecule has 0 atom stereocenters. The van der Waals surface area contributed by atoms with Crippen molar-refractivity contribution in [2.24, 2.45) is 0 Å². The maximum absolute atomic E-state index is 13.3. The fourth-order valence-electron chi connectivity index (χ4n) is 3.23. The molecule has 0 saturated heterocycles. The number of sulfonamides is 1. The summed E-state index contributed by atoms with van der Waals surface area (Å²) in [5, 5.41) is 3.14. The van der Waals surface area contributed by atoms with Crippen molar-refractivity contribution < 1.29 is 22.7 Å². The number of hydrogen-bond donors (Lipinski definition) is 1. The lowest BCUT2D eigenvalue weighted by Crippen LogP contribution is -2.40. The van der Waals surface area contributed by atoms with Gasteiger partial charge < -0.3 is 14.8 Å². The van der Waals surface area contributed by atoms with E-state index in [1.807, 2.05) is 19.9 Å². The van der Waals surface area contributed by atoms with Crippen molar-refractivity contribution in [2.75, 3.05) is 18.0 Å². The Kier molecular flexibility index (Phi) is 8.41. The van der Waals surface area contributed by atoms with Crippen LogP contribution in [-0.2, 0) is 21.4 Å². The maximum atomic E-state index is 13.3. The Bertz CT molecular complexity index is 1230. The van der Waals surface area contributed by atoms with Crippen LogP contribution >= 0.6 is 11.6 Å². The summed E-state index contributed by atoms with van der Waals surface area (Å²) < 4.78 is 38.8. The molecule has 0 aliphatic carbocycles. The molecule has 3 aromatic rings. The van der Waals surface area contributed by atoms with E-state index in [1.54, 1.807) is 55.6 Å². The summed E-state index contributed by atoms with van der Waals surface area (Å²) >= 11 is 6.09. The molecule has 3 aromatic carbocycles. The Morgan fingerprint density at radius 3 is 2.38 bits per heavy atom. The number of anilines is 1. The van der Waals surface area contributed by atoms with Crippen molar-refractivity contribution in [3.05, 3.63) is 83.4 Å². The maximum Gasteiger partial charge on any atom is 0.264 e. The van der Waals surface area contributed by atoms with Crippen LogP contribution < -0.4 is 19.1 Å². The molecule has 0 aliphatic rings. The van der Waals surface area contributed by atoms with Crippen LogP contribution in [0.1, 0.15) is 19.4 Å². The van der Waals surface area contributed by atoms with Crippen LogP contribution in [-0.4, -0.2) is 34.1 Å². The van der Waals surface area contributed by atoms with E-state index in [1.165, 1.54) is 18.2 Å². The van der Waals surface area contributed by atoms with Crippen molar-refractivity contribution in [1.82, 2.24) is 5.32 Å². The average Bonchev–Trinajstić information content (AvgIpc) is 2.82. The van der Waals surface area contributed by atoms with Gasteiger partial charge in [0.1, 0.15) is 6.54 Å². The van der Waals surface area contributed by atoms with E-state index >= 15 is 0 Å². The van der Waals surface area contributed by atoms with Gasteiger partial charge in [-0.2, -0.15) is 0 Å². The summed E-state index contributed by atoms with van der Waals surface area (Å²) in [5.74, 6) is 0.683. The number of nitrogens with one attached hydrogen (secondary N) is 1. The van der Waals surface area contributed by atoms with E-state index in [0.717, 1.165) is 9.87 Å². The quantitative estimate of drug-likeness (QED) is 0.436. The lowest BCUT2D eigenvalue weighted by molar-refractivity contribution is -0.119. The Morgan fingerprint density at radius 2 is 1.74 bits per heavy atom. The third-order valence-electron chi connectivity index (χ3n) is 4.79. The molecule has 7 nitrogen and oxygen atoms in total. The number of methoxy groups -OCH3 is 1. The number of ether oxygens (including phenoxy) is 2. The predicted molar refractivity (Wildman–Crippen MR) is 133 cm³/mol. The van der Waals surface area contributed by atoms with Crippen LogP contribution in [0.5, 0.6) is 11.5 Å². The summed E-state index contributed by atoms with van der Waals surface area (Å²) in [6.45, 7) is 3.61. The van der Waals surface area contributed by atoms with Gasteiger partial charge in [-0.1, -0.05) is 41.9 Å². The van der Waals surface area contributed by atoms with Crippen molar-refractivity contribution >= 4 is 33.2 Å². The molecule has 0 aromatic heterocycles. The molecule has 0 heterocycles. The molecule has 0 unspecified atom stereocenters. The normalized spacial score (nSPS) is 11.2. The molecule has 0 aliphatic heterocycles. The van der Waals surface area contributed by atoms with Gasteiger partial charge in [0.2, 0.25) is 5.91 Å². The average molecular weight is 503 g/mol. The Morgan fingerprint density at radius 1 is 1.00 bits per heavy atom. The van der Waals surface area contributed by atoms with Gasteiger partial charge in [0.15, 0.2) is 11.5 Å². The minimum atomic E-state index is -4.00. The number of halogens is 1. The lowest BCUT2D eigenvalue weighted by Gasteiger charge is -2.24. The first kappa shape index (κ1) is 25.4. The second kappa shape index (κ2) is 11.3. The van der Waals surface area contributed by atoms with Gasteiger partial charge in [0, 0.05) is 11.6 Å². The van der Waals surface area contributed by atoms with E-state index in [-0.39, 0.29) is 17.5 Å². The van der Waals surface area contributed by atoms with Crippen LogP contribution in [0, 0.1) is 0 Å². The zero-order chi connectivity index (χ0) is 24.7. The summed E-state index contributed by atoms with van der Waals surface area (Å²) in [4.78, 5) is 12.9. The summed E-state index contributed by atoms with van der Waals surface area (Å²) in [6, 6.07) is 19.7. The Hall–Kier alpha value is -3.23. The SMILES string of the molecule is COc1cc(CNC(=O)CN(c2cccc(Cl)c2)S(=O)(=O)c2ccccc2)ccc1OC(C)C. The number of carbonyl (C=O) groups is 1. The molecule has 34 heavy (non-hydrogen) atoms. The lowest BCUT2D eigenvalue weighted by atomic mass is 10.2. The highest BCUT2D eigenvalue weighted by Crippen LogP contribution is 2.29. The van der Waals surface area contributed by atoms with Crippen LogP contribution in [0.15, 0.2) is 77.7 Å². The summed E-state index contributed by atoms with van der Waals surface area (Å²) in [7, 11) is -2.46. The molecule has 1 N–H and O–H groups in total. The van der Waals surface area contributed by atoms with Crippen LogP contribution in [0.4, 0.5) is 5.69 Å². The number of carbonyl (C=O) groups excluding carboxylic acids is 1. The van der Waals surface area contributed by atoms with Crippen LogP contribution in [0.2, 0.25) is 5.02 Å². The van der Waals surface area contributed by atoms with E-state index in [4.69, 9.17) is 21.1 Å². The van der Waals surface area contributed by atoms with Crippen molar-refractivity contribution in [3.63, 3.8) is 0 Å². The smallest absolute Gasteiger partial charge is 0.264 e. The molecule has 0 saturated carbocycles. The number of amides is 1. The fraction of sp³-hybridized carbons (Fsp3) is 0.240. The minimum absolute atomic E-state index is 0.0107. The van der Waals surface area contributed by atoms with E-state index < -0.39 is 22.5 Å². The molecule has 0 fully saturated rings. The monoisotopic (exact) mass is 502 g/mol. The van der Waals surface area contributed by atoms with Gasteiger partial charge in [0.25, 0.3) is 10.0 Å². The molecular formula is C25H27ClN2O5S. The number of rotatable bonds is 10. The third-order valence-corrected chi connectivity index (χ3v) is 6.82. The first-order valence-electron chi connectivity index (χ1n) is 10.6. The van der Waals surface area contributed by atoms with Gasteiger partial charge in [0.05, 0.1) is 23.8 Å². The minimum Gasteiger partial charge on any atom is -0.493 e. The first-order valence-corrected chi connectivity index (χ1v) is 12.5. The van der Waals surface area contributed by atoms with Gasteiger partial charge >= 0.3 is 0 Å². The van der Waals surface area contributed by atoms with Crippen molar-refractivity contribution in [2.45, 2.75) is 31.4 Å². The zero-order valence-corrected chi connectivity index (χ0v) is 20.8. The largest absolute Gasteiger partial charge is 0.493 e. The summed E-state index contributed by atoms with van der Waals surface area (Å²) in [6.07, 6.45) is -0.0107. The zero-order valence-electron chi connectivity index (χ0n) is 19.2. The first-order chi connectivity index (χ1) is 16.2. The molecule has 9 heteroatoms. The molecule has 0 radical (unpaired) electrons. The second-order valence-corrected chi connectivity index (χ2v) is 10.0. The molecule has 180 valence electrons. The van der Waals surface area contributed by atoms with E-state index in [9.17, 15) is 13.2 Å². The Balaban J connectivity index is 1.79.